The van der Waals surface area contributed by atoms with Crippen molar-refractivity contribution in [3.8, 4) is 5.75 Å². The van der Waals surface area contributed by atoms with Crippen molar-refractivity contribution in [2.24, 2.45) is 0 Å². The van der Waals surface area contributed by atoms with Gasteiger partial charge in [0.15, 0.2) is 11.6 Å². The van der Waals surface area contributed by atoms with E-state index in [4.69, 9.17) is 9.47 Å². The molecule has 0 saturated heterocycles. The van der Waals surface area contributed by atoms with Crippen LogP contribution in [0.1, 0.15) is 45.4 Å². The Morgan fingerprint density at radius 2 is 2.10 bits per heavy atom. The number of anilines is 1. The van der Waals surface area contributed by atoms with E-state index >= 15 is 0 Å². The molecule has 1 aliphatic rings. The second-order valence-corrected chi connectivity index (χ2v) is 5.26. The summed E-state index contributed by atoms with van der Waals surface area (Å²) >= 11 is 0. The first-order valence-electron chi connectivity index (χ1n) is 7.83. The van der Waals surface area contributed by atoms with Gasteiger partial charge in [0.25, 0.3) is 0 Å². The fourth-order valence-electron chi connectivity index (χ4n) is 2.48. The van der Waals surface area contributed by atoms with Crippen LogP contribution in [-0.4, -0.2) is 30.8 Å². The van der Waals surface area contributed by atoms with Gasteiger partial charge in [-0.15, -0.1) is 0 Å². The second-order valence-electron chi connectivity index (χ2n) is 5.26. The van der Waals surface area contributed by atoms with Crippen LogP contribution < -0.4 is 10.1 Å². The molecule has 112 valence electrons. The van der Waals surface area contributed by atoms with Gasteiger partial charge in [0.1, 0.15) is 0 Å². The van der Waals surface area contributed by atoms with E-state index in [0.29, 0.717) is 6.10 Å². The zero-order valence-corrected chi connectivity index (χ0v) is 12.4. The molecular formula is C16H26N2O2. The highest BCUT2D eigenvalue weighted by Crippen LogP contribution is 2.22. The number of pyridine rings is 1. The molecule has 0 bridgehead atoms. The standard InChI is InChI=1S/C16H26N2O2/c1-2-12-20-15-9-6-10-17-16(15)18-11-13-19-14-7-4-3-5-8-14/h6,9-10,14H,2-5,7-8,11-13H2,1H3,(H,17,18). The number of nitrogens with zero attached hydrogens (tertiary/aromatic N) is 1. The van der Waals surface area contributed by atoms with Gasteiger partial charge in [-0.3, -0.25) is 0 Å². The lowest BCUT2D eigenvalue weighted by atomic mass is 9.98. The molecule has 2 rings (SSSR count). The molecular weight excluding hydrogens is 252 g/mol. The molecule has 0 aliphatic heterocycles. The molecule has 1 aromatic heterocycles. The Morgan fingerprint density at radius 1 is 1.25 bits per heavy atom. The van der Waals surface area contributed by atoms with Crippen molar-refractivity contribution in [1.29, 1.82) is 0 Å². The van der Waals surface area contributed by atoms with Crippen LogP contribution in [0.3, 0.4) is 0 Å². The molecule has 0 radical (unpaired) electrons. The van der Waals surface area contributed by atoms with Crippen molar-refractivity contribution in [3.05, 3.63) is 18.3 Å². The first kappa shape index (κ1) is 15.1. The molecule has 1 heterocycles. The summed E-state index contributed by atoms with van der Waals surface area (Å²) in [6.07, 6.45) is 9.67. The molecule has 1 saturated carbocycles. The van der Waals surface area contributed by atoms with E-state index in [1.165, 1.54) is 32.1 Å². The molecule has 0 amide bonds. The van der Waals surface area contributed by atoms with Crippen molar-refractivity contribution < 1.29 is 9.47 Å². The number of rotatable bonds is 8. The van der Waals surface area contributed by atoms with Gasteiger partial charge in [-0.25, -0.2) is 4.98 Å². The smallest absolute Gasteiger partial charge is 0.168 e. The number of ether oxygens (including phenoxy) is 2. The maximum absolute atomic E-state index is 5.89. The van der Waals surface area contributed by atoms with Crippen molar-refractivity contribution in [3.63, 3.8) is 0 Å². The summed E-state index contributed by atoms with van der Waals surface area (Å²) in [5.41, 5.74) is 0. The summed E-state index contributed by atoms with van der Waals surface area (Å²) in [4.78, 5) is 4.32. The van der Waals surface area contributed by atoms with Crippen molar-refractivity contribution >= 4 is 5.82 Å². The van der Waals surface area contributed by atoms with E-state index in [-0.39, 0.29) is 0 Å². The lowest BCUT2D eigenvalue weighted by molar-refractivity contribution is 0.0347. The van der Waals surface area contributed by atoms with Crippen LogP contribution in [0.25, 0.3) is 0 Å². The molecule has 1 fully saturated rings. The van der Waals surface area contributed by atoms with Crippen LogP contribution in [0.2, 0.25) is 0 Å². The Morgan fingerprint density at radius 3 is 2.90 bits per heavy atom. The maximum Gasteiger partial charge on any atom is 0.168 e. The van der Waals surface area contributed by atoms with Crippen LogP contribution in [0.5, 0.6) is 5.75 Å². The third-order valence-electron chi connectivity index (χ3n) is 3.53. The number of nitrogens with one attached hydrogen (secondary N) is 1. The van der Waals surface area contributed by atoms with E-state index in [1.807, 2.05) is 12.1 Å². The second kappa shape index (κ2) is 8.80. The third-order valence-corrected chi connectivity index (χ3v) is 3.53. The average Bonchev–Trinajstić information content (AvgIpc) is 2.51. The largest absolute Gasteiger partial charge is 0.490 e. The highest BCUT2D eigenvalue weighted by atomic mass is 16.5. The van der Waals surface area contributed by atoms with Gasteiger partial charge in [-0.05, 0) is 31.4 Å². The van der Waals surface area contributed by atoms with Crippen LogP contribution in [0.15, 0.2) is 18.3 Å². The van der Waals surface area contributed by atoms with Crippen molar-refractivity contribution in [2.75, 3.05) is 25.1 Å². The van der Waals surface area contributed by atoms with Gasteiger partial charge in [0, 0.05) is 12.7 Å². The Hall–Kier alpha value is -1.29. The number of aromatic nitrogens is 1. The number of hydrogen-bond donors (Lipinski definition) is 1. The predicted octanol–water partition coefficient (Wildman–Crippen LogP) is 3.63. The van der Waals surface area contributed by atoms with E-state index in [2.05, 4.69) is 17.2 Å². The summed E-state index contributed by atoms with van der Waals surface area (Å²) in [6.45, 7) is 4.32. The quantitative estimate of drug-likeness (QED) is 0.737. The van der Waals surface area contributed by atoms with Crippen LogP contribution in [-0.2, 0) is 4.74 Å². The van der Waals surface area contributed by atoms with E-state index < -0.39 is 0 Å². The first-order chi connectivity index (χ1) is 9.90. The fraction of sp³-hybridized carbons (Fsp3) is 0.688. The minimum Gasteiger partial charge on any atom is -0.490 e. The maximum atomic E-state index is 5.89. The molecule has 1 aliphatic carbocycles. The van der Waals surface area contributed by atoms with E-state index in [0.717, 1.165) is 37.7 Å². The molecule has 20 heavy (non-hydrogen) atoms. The Labute approximate surface area is 121 Å². The molecule has 0 spiro atoms. The molecule has 1 aromatic rings. The third kappa shape index (κ3) is 5.00. The topological polar surface area (TPSA) is 43.4 Å². The highest BCUT2D eigenvalue weighted by Gasteiger charge is 2.13. The summed E-state index contributed by atoms with van der Waals surface area (Å²) in [5.74, 6) is 1.64. The zero-order valence-electron chi connectivity index (χ0n) is 12.4. The summed E-state index contributed by atoms with van der Waals surface area (Å²) in [7, 11) is 0. The summed E-state index contributed by atoms with van der Waals surface area (Å²) in [5, 5.41) is 3.30. The minimum absolute atomic E-state index is 0.463. The molecule has 0 aromatic carbocycles. The lowest BCUT2D eigenvalue weighted by Gasteiger charge is -2.22. The molecule has 1 N–H and O–H groups in total. The van der Waals surface area contributed by atoms with Crippen LogP contribution in [0, 0.1) is 0 Å². The van der Waals surface area contributed by atoms with Gasteiger partial charge in [-0.2, -0.15) is 0 Å². The van der Waals surface area contributed by atoms with Gasteiger partial charge in [-0.1, -0.05) is 26.2 Å². The Kier molecular flexibility index (Phi) is 6.64. The minimum atomic E-state index is 0.463. The normalized spacial score (nSPS) is 16.1. The van der Waals surface area contributed by atoms with E-state index in [1.54, 1.807) is 6.20 Å². The van der Waals surface area contributed by atoms with Gasteiger partial charge in [0.05, 0.1) is 19.3 Å². The predicted molar refractivity (Wildman–Crippen MR) is 81.3 cm³/mol. The van der Waals surface area contributed by atoms with Crippen molar-refractivity contribution in [1.82, 2.24) is 4.98 Å². The monoisotopic (exact) mass is 278 g/mol. The number of hydrogen-bond acceptors (Lipinski definition) is 4. The van der Waals surface area contributed by atoms with E-state index in [9.17, 15) is 0 Å². The average molecular weight is 278 g/mol. The van der Waals surface area contributed by atoms with Gasteiger partial charge >= 0.3 is 0 Å². The zero-order chi connectivity index (χ0) is 14.0. The molecule has 0 unspecified atom stereocenters. The SMILES string of the molecule is CCCOc1cccnc1NCCOC1CCCCC1. The van der Waals surface area contributed by atoms with Gasteiger partial charge in [0.2, 0.25) is 0 Å². The summed E-state index contributed by atoms with van der Waals surface area (Å²) < 4.78 is 11.6. The highest BCUT2D eigenvalue weighted by molar-refractivity contribution is 5.49. The van der Waals surface area contributed by atoms with Crippen molar-refractivity contribution in [2.45, 2.75) is 51.6 Å². The van der Waals surface area contributed by atoms with Crippen LogP contribution in [0.4, 0.5) is 5.82 Å². The summed E-state index contributed by atoms with van der Waals surface area (Å²) in [6, 6.07) is 3.85. The fourth-order valence-corrected chi connectivity index (χ4v) is 2.48. The molecule has 4 nitrogen and oxygen atoms in total. The Bertz CT molecular complexity index is 378. The lowest BCUT2D eigenvalue weighted by Crippen LogP contribution is -2.20. The molecule has 4 heteroatoms. The van der Waals surface area contributed by atoms with Crippen LogP contribution >= 0.6 is 0 Å². The first-order valence-corrected chi connectivity index (χ1v) is 7.83. The van der Waals surface area contributed by atoms with Gasteiger partial charge < -0.3 is 14.8 Å². The molecule has 0 atom stereocenters. The Balaban J connectivity index is 1.70.